The van der Waals surface area contributed by atoms with E-state index in [4.69, 9.17) is 4.74 Å². The molecule has 72 valence electrons. The summed E-state index contributed by atoms with van der Waals surface area (Å²) in [6.07, 6.45) is 5.72. The van der Waals surface area contributed by atoms with E-state index >= 15 is 0 Å². The molecule has 2 rings (SSSR count). The molecule has 1 heterocycles. The van der Waals surface area contributed by atoms with Gasteiger partial charge in [0.15, 0.2) is 0 Å². The van der Waals surface area contributed by atoms with Gasteiger partial charge in [-0.15, -0.1) is 0 Å². The maximum atomic E-state index is 5.25. The van der Waals surface area contributed by atoms with Crippen molar-refractivity contribution < 1.29 is 4.74 Å². The Hall–Kier alpha value is -0.0400. The van der Waals surface area contributed by atoms with Gasteiger partial charge in [-0.05, 0) is 18.8 Å². The van der Waals surface area contributed by atoms with Crippen LogP contribution in [-0.2, 0) is 4.74 Å². The maximum absolute atomic E-state index is 5.25. The monoisotopic (exact) mass is 170 g/mol. The molecule has 1 aliphatic heterocycles. The van der Waals surface area contributed by atoms with Crippen LogP contribution < -0.4 is 0 Å². The van der Waals surface area contributed by atoms with E-state index in [1.54, 1.807) is 0 Å². The van der Waals surface area contributed by atoms with Crippen molar-refractivity contribution in [3.05, 3.63) is 0 Å². The lowest BCUT2D eigenvalue weighted by Crippen LogP contribution is -2.44. The smallest absolute Gasteiger partial charge is 0.0544 e. The minimum absolute atomic E-state index is 0.659. The van der Waals surface area contributed by atoms with Crippen LogP contribution in [0.25, 0.3) is 0 Å². The van der Waals surface area contributed by atoms with Crippen LogP contribution in [-0.4, -0.2) is 13.2 Å². The molecule has 1 saturated heterocycles. The molecule has 0 aromatic rings. The zero-order valence-electron chi connectivity index (χ0n) is 8.73. The van der Waals surface area contributed by atoms with E-state index in [-0.39, 0.29) is 0 Å². The summed E-state index contributed by atoms with van der Waals surface area (Å²) < 4.78 is 5.25. The summed E-state index contributed by atoms with van der Waals surface area (Å²) >= 11 is 0. The lowest BCUT2D eigenvalue weighted by atomic mass is 9.70. The van der Waals surface area contributed by atoms with Crippen molar-refractivity contribution >= 4 is 0 Å². The van der Waals surface area contributed by atoms with Crippen molar-refractivity contribution in [1.29, 1.82) is 0 Å². The van der Waals surface area contributed by atoms with Gasteiger partial charge in [-0.1, -0.05) is 33.6 Å². The Kier molecular flexibility index (Phi) is 3.57. The molecule has 1 spiro atoms. The first-order chi connectivity index (χ1) is 5.81. The van der Waals surface area contributed by atoms with Gasteiger partial charge in [0.05, 0.1) is 13.2 Å². The Morgan fingerprint density at radius 1 is 1.08 bits per heavy atom. The Balaban J connectivity index is 0.000000336. The van der Waals surface area contributed by atoms with Crippen molar-refractivity contribution in [2.75, 3.05) is 13.2 Å². The van der Waals surface area contributed by atoms with Crippen molar-refractivity contribution in [3.63, 3.8) is 0 Å². The van der Waals surface area contributed by atoms with Crippen molar-refractivity contribution in [2.24, 2.45) is 11.3 Å². The van der Waals surface area contributed by atoms with E-state index in [1.165, 1.54) is 25.7 Å². The molecule has 1 saturated carbocycles. The summed E-state index contributed by atoms with van der Waals surface area (Å²) in [7, 11) is 0. The fraction of sp³-hybridized carbons (Fsp3) is 1.00. The zero-order valence-corrected chi connectivity index (χ0v) is 8.73. The van der Waals surface area contributed by atoms with Crippen LogP contribution in [0.2, 0.25) is 0 Å². The molecule has 1 nitrogen and oxygen atoms in total. The van der Waals surface area contributed by atoms with Gasteiger partial charge in [-0.2, -0.15) is 0 Å². The Morgan fingerprint density at radius 2 is 1.58 bits per heavy atom. The third-order valence-corrected chi connectivity index (χ3v) is 3.15. The van der Waals surface area contributed by atoms with Crippen LogP contribution >= 0.6 is 0 Å². The predicted molar refractivity (Wildman–Crippen MR) is 52.2 cm³/mol. The SMILES string of the molecule is CC.CC1CCC2(CC1)COC2. The average Bonchev–Trinajstić information content (AvgIpc) is 2.07. The summed E-state index contributed by atoms with van der Waals surface area (Å²) in [4.78, 5) is 0. The van der Waals surface area contributed by atoms with E-state index in [9.17, 15) is 0 Å². The molecule has 0 atom stereocenters. The standard InChI is InChI=1S/C9H16O.C2H6/c1-8-2-4-9(5-3-8)6-10-7-9;1-2/h8H,2-7H2,1H3;1-2H3. The molecule has 12 heavy (non-hydrogen) atoms. The first-order valence-electron chi connectivity index (χ1n) is 5.39. The molecule has 0 unspecified atom stereocenters. The normalized spacial score (nSPS) is 27.2. The molecular weight excluding hydrogens is 148 g/mol. The van der Waals surface area contributed by atoms with Gasteiger partial charge in [-0.25, -0.2) is 0 Å². The Morgan fingerprint density at radius 3 is 1.92 bits per heavy atom. The fourth-order valence-corrected chi connectivity index (χ4v) is 2.05. The number of hydrogen-bond donors (Lipinski definition) is 0. The second-order valence-corrected chi connectivity index (χ2v) is 4.18. The first-order valence-corrected chi connectivity index (χ1v) is 5.39. The lowest BCUT2D eigenvalue weighted by Gasteiger charge is -2.45. The highest BCUT2D eigenvalue weighted by Gasteiger charge is 2.40. The van der Waals surface area contributed by atoms with Gasteiger partial charge >= 0.3 is 0 Å². The predicted octanol–water partition coefficient (Wildman–Crippen LogP) is 3.24. The Bertz CT molecular complexity index is 117. The Labute approximate surface area is 76.5 Å². The molecule has 0 N–H and O–H groups in total. The van der Waals surface area contributed by atoms with Crippen LogP contribution in [0.1, 0.15) is 46.5 Å². The first kappa shape index (κ1) is 10.0. The summed E-state index contributed by atoms with van der Waals surface area (Å²) in [6.45, 7) is 8.48. The topological polar surface area (TPSA) is 9.23 Å². The zero-order chi connectivity index (χ0) is 9.03. The fourth-order valence-electron chi connectivity index (χ4n) is 2.05. The lowest BCUT2D eigenvalue weighted by molar-refractivity contribution is -0.135. The van der Waals surface area contributed by atoms with Gasteiger partial charge in [-0.3, -0.25) is 0 Å². The molecule has 0 radical (unpaired) electrons. The van der Waals surface area contributed by atoms with E-state index in [0.717, 1.165) is 19.1 Å². The summed E-state index contributed by atoms with van der Waals surface area (Å²) in [5.74, 6) is 0.978. The highest BCUT2D eigenvalue weighted by atomic mass is 16.5. The summed E-state index contributed by atoms with van der Waals surface area (Å²) in [6, 6.07) is 0. The van der Waals surface area contributed by atoms with Crippen LogP contribution in [0.4, 0.5) is 0 Å². The summed E-state index contributed by atoms with van der Waals surface area (Å²) in [5.41, 5.74) is 0.659. The molecule has 0 amide bonds. The summed E-state index contributed by atoms with van der Waals surface area (Å²) in [5, 5.41) is 0. The number of hydrogen-bond acceptors (Lipinski definition) is 1. The average molecular weight is 170 g/mol. The van der Waals surface area contributed by atoms with Gasteiger partial charge in [0.25, 0.3) is 0 Å². The third kappa shape index (κ3) is 2.01. The van der Waals surface area contributed by atoms with E-state index in [0.29, 0.717) is 5.41 Å². The van der Waals surface area contributed by atoms with Crippen LogP contribution in [0.3, 0.4) is 0 Å². The van der Waals surface area contributed by atoms with Gasteiger partial charge in [0, 0.05) is 5.41 Å². The minimum atomic E-state index is 0.659. The van der Waals surface area contributed by atoms with Crippen LogP contribution in [0, 0.1) is 11.3 Å². The highest BCUT2D eigenvalue weighted by Crippen LogP contribution is 2.43. The number of ether oxygens (including phenoxy) is 1. The molecular formula is C11H22O. The number of rotatable bonds is 0. The van der Waals surface area contributed by atoms with E-state index in [2.05, 4.69) is 6.92 Å². The van der Waals surface area contributed by atoms with Crippen molar-refractivity contribution in [2.45, 2.75) is 46.5 Å². The van der Waals surface area contributed by atoms with E-state index in [1.807, 2.05) is 13.8 Å². The van der Waals surface area contributed by atoms with Gasteiger partial charge < -0.3 is 4.74 Å². The second-order valence-electron chi connectivity index (χ2n) is 4.18. The van der Waals surface area contributed by atoms with Crippen molar-refractivity contribution in [3.8, 4) is 0 Å². The minimum Gasteiger partial charge on any atom is -0.380 e. The van der Waals surface area contributed by atoms with Crippen LogP contribution in [0.15, 0.2) is 0 Å². The second kappa shape index (κ2) is 4.27. The van der Waals surface area contributed by atoms with Crippen molar-refractivity contribution in [1.82, 2.24) is 0 Å². The largest absolute Gasteiger partial charge is 0.380 e. The molecule has 1 heteroatoms. The third-order valence-electron chi connectivity index (χ3n) is 3.15. The molecule has 2 fully saturated rings. The molecule has 0 aromatic carbocycles. The highest BCUT2D eigenvalue weighted by molar-refractivity contribution is 4.89. The molecule has 2 aliphatic rings. The van der Waals surface area contributed by atoms with E-state index < -0.39 is 0 Å². The molecule has 1 aliphatic carbocycles. The van der Waals surface area contributed by atoms with Gasteiger partial charge in [0.1, 0.15) is 0 Å². The molecule has 0 bridgehead atoms. The quantitative estimate of drug-likeness (QED) is 0.542. The molecule has 0 aromatic heterocycles. The van der Waals surface area contributed by atoms with Crippen LogP contribution in [0.5, 0.6) is 0 Å². The maximum Gasteiger partial charge on any atom is 0.0544 e. The van der Waals surface area contributed by atoms with Gasteiger partial charge in [0.2, 0.25) is 0 Å².